The minimum Gasteiger partial charge on any atom is -0.497 e. The quantitative estimate of drug-likeness (QED) is 0.786. The molecule has 2 heterocycles. The van der Waals surface area contributed by atoms with Crippen LogP contribution in [0.25, 0.3) is 0 Å². The average Bonchev–Trinajstić information content (AvgIpc) is 2.77. The highest BCUT2D eigenvalue weighted by molar-refractivity contribution is 5.45. The molecule has 0 saturated carbocycles. The number of nitrogens with one attached hydrogen (secondary N) is 1. The zero-order valence-corrected chi connectivity index (χ0v) is 18.0. The Balaban J connectivity index is 1.55. The Morgan fingerprint density at radius 2 is 1.79 bits per heavy atom. The summed E-state index contributed by atoms with van der Waals surface area (Å²) in [7, 11) is 3.92. The Labute approximate surface area is 175 Å². The monoisotopic (exact) mass is 394 g/mol. The Morgan fingerprint density at radius 3 is 2.48 bits per heavy atom. The van der Waals surface area contributed by atoms with Crippen molar-refractivity contribution >= 4 is 0 Å². The molecule has 2 aliphatic rings. The summed E-state index contributed by atoms with van der Waals surface area (Å²) in [5, 5.41) is 3.46. The first-order valence-electron chi connectivity index (χ1n) is 11.0. The van der Waals surface area contributed by atoms with Crippen molar-refractivity contribution in [2.24, 2.45) is 5.92 Å². The van der Waals surface area contributed by atoms with Crippen LogP contribution in [0.5, 0.6) is 11.5 Å². The van der Waals surface area contributed by atoms with Crippen LogP contribution in [0.1, 0.15) is 48.8 Å². The van der Waals surface area contributed by atoms with Crippen molar-refractivity contribution in [3.63, 3.8) is 0 Å². The summed E-state index contributed by atoms with van der Waals surface area (Å²) in [6, 6.07) is 15.3. The third kappa shape index (κ3) is 4.59. The molecule has 2 atom stereocenters. The Hall–Kier alpha value is -2.04. The Bertz CT molecular complexity index is 799. The molecule has 2 unspecified atom stereocenters. The summed E-state index contributed by atoms with van der Waals surface area (Å²) in [6.07, 6.45) is 3.81. The molecule has 2 aromatic rings. The smallest absolute Gasteiger partial charge is 0.120 e. The van der Waals surface area contributed by atoms with Gasteiger partial charge in [0.1, 0.15) is 17.6 Å². The second-order valence-electron chi connectivity index (χ2n) is 8.54. The third-order valence-corrected chi connectivity index (χ3v) is 6.54. The lowest BCUT2D eigenvalue weighted by Crippen LogP contribution is -2.36. The van der Waals surface area contributed by atoms with Gasteiger partial charge < -0.3 is 19.7 Å². The lowest BCUT2D eigenvalue weighted by molar-refractivity contribution is 0.108. The van der Waals surface area contributed by atoms with Gasteiger partial charge >= 0.3 is 0 Å². The van der Waals surface area contributed by atoms with Crippen molar-refractivity contribution in [2.45, 2.75) is 44.8 Å². The minimum atomic E-state index is 0.314. The molecule has 2 aromatic carbocycles. The molecular weight excluding hydrogens is 360 g/mol. The van der Waals surface area contributed by atoms with E-state index in [2.05, 4.69) is 66.7 Å². The molecule has 4 nitrogen and oxygen atoms in total. The van der Waals surface area contributed by atoms with Gasteiger partial charge in [-0.3, -0.25) is 0 Å². The Morgan fingerprint density at radius 1 is 1.07 bits per heavy atom. The fourth-order valence-corrected chi connectivity index (χ4v) is 4.92. The van der Waals surface area contributed by atoms with Crippen molar-refractivity contribution in [3.8, 4) is 11.5 Å². The molecule has 0 bridgehead atoms. The van der Waals surface area contributed by atoms with Gasteiger partial charge in [0.2, 0.25) is 0 Å². The van der Waals surface area contributed by atoms with E-state index in [4.69, 9.17) is 9.47 Å². The van der Waals surface area contributed by atoms with Gasteiger partial charge in [-0.15, -0.1) is 0 Å². The number of hydrogen-bond acceptors (Lipinski definition) is 4. The van der Waals surface area contributed by atoms with Crippen molar-refractivity contribution < 1.29 is 9.47 Å². The standard InChI is InChI=1S/C25H34N2O2/c1-4-25(19-11-13-26-14-12-19)29-22-9-10-23-20(15-22)16-27(2)17-24(23)18-5-7-21(28-3)8-6-18/h5-10,15,19,24-26H,4,11-14,16-17H2,1-3H3. The SMILES string of the molecule is CCC(Oc1ccc2c(c1)CN(C)CC2c1ccc(OC)cc1)C1CCNCC1. The number of likely N-dealkylation sites (N-methyl/N-ethyl adjacent to an activating group) is 1. The summed E-state index contributed by atoms with van der Waals surface area (Å²) < 4.78 is 11.8. The zero-order chi connectivity index (χ0) is 20.2. The molecule has 0 radical (unpaired) electrons. The molecule has 156 valence electrons. The van der Waals surface area contributed by atoms with Gasteiger partial charge in [-0.25, -0.2) is 0 Å². The van der Waals surface area contributed by atoms with Crippen molar-refractivity contribution in [1.82, 2.24) is 10.2 Å². The summed E-state index contributed by atoms with van der Waals surface area (Å²) in [5.41, 5.74) is 4.15. The van der Waals surface area contributed by atoms with E-state index in [-0.39, 0.29) is 0 Å². The number of ether oxygens (including phenoxy) is 2. The summed E-state index contributed by atoms with van der Waals surface area (Å²) in [5.74, 6) is 2.98. The fraction of sp³-hybridized carbons (Fsp3) is 0.520. The van der Waals surface area contributed by atoms with Crippen LogP contribution in [-0.4, -0.2) is 44.8 Å². The van der Waals surface area contributed by atoms with Gasteiger partial charge in [0.05, 0.1) is 7.11 Å². The lowest BCUT2D eigenvalue weighted by Gasteiger charge is -2.34. The highest BCUT2D eigenvalue weighted by Gasteiger charge is 2.27. The van der Waals surface area contributed by atoms with E-state index in [0.29, 0.717) is 17.9 Å². The molecule has 1 fully saturated rings. The largest absolute Gasteiger partial charge is 0.497 e. The second kappa shape index (κ2) is 9.19. The first kappa shape index (κ1) is 20.2. The number of benzene rings is 2. The second-order valence-corrected chi connectivity index (χ2v) is 8.54. The average molecular weight is 395 g/mol. The van der Waals surface area contributed by atoms with Crippen LogP contribution in [0, 0.1) is 5.92 Å². The van der Waals surface area contributed by atoms with Gasteiger partial charge in [0.15, 0.2) is 0 Å². The zero-order valence-electron chi connectivity index (χ0n) is 18.0. The van der Waals surface area contributed by atoms with E-state index in [1.807, 2.05) is 0 Å². The van der Waals surface area contributed by atoms with Gasteiger partial charge in [0.25, 0.3) is 0 Å². The van der Waals surface area contributed by atoms with Gasteiger partial charge in [0, 0.05) is 19.0 Å². The van der Waals surface area contributed by atoms with E-state index in [1.165, 1.54) is 29.5 Å². The van der Waals surface area contributed by atoms with Gasteiger partial charge in [-0.2, -0.15) is 0 Å². The number of piperidine rings is 1. The summed E-state index contributed by atoms with van der Waals surface area (Å²) in [4.78, 5) is 2.41. The van der Waals surface area contributed by atoms with Crippen molar-refractivity contribution in [1.29, 1.82) is 0 Å². The maximum atomic E-state index is 6.51. The predicted octanol–water partition coefficient (Wildman–Crippen LogP) is 4.43. The number of hydrogen-bond donors (Lipinski definition) is 1. The first-order valence-corrected chi connectivity index (χ1v) is 11.0. The molecule has 2 aliphatic heterocycles. The first-order chi connectivity index (χ1) is 14.2. The highest BCUT2D eigenvalue weighted by atomic mass is 16.5. The van der Waals surface area contributed by atoms with Crippen LogP contribution in [0.3, 0.4) is 0 Å². The van der Waals surface area contributed by atoms with Crippen LogP contribution in [0.4, 0.5) is 0 Å². The third-order valence-electron chi connectivity index (χ3n) is 6.54. The molecule has 1 N–H and O–H groups in total. The number of nitrogens with zero attached hydrogens (tertiary/aromatic N) is 1. The van der Waals surface area contributed by atoms with Crippen LogP contribution in [0.15, 0.2) is 42.5 Å². The minimum absolute atomic E-state index is 0.314. The number of rotatable bonds is 6. The van der Waals surface area contributed by atoms with E-state index in [9.17, 15) is 0 Å². The molecule has 29 heavy (non-hydrogen) atoms. The maximum absolute atomic E-state index is 6.51. The molecular formula is C25H34N2O2. The number of methoxy groups -OCH3 is 1. The molecule has 1 saturated heterocycles. The lowest BCUT2D eigenvalue weighted by atomic mass is 9.84. The maximum Gasteiger partial charge on any atom is 0.120 e. The van der Waals surface area contributed by atoms with Crippen molar-refractivity contribution in [2.75, 3.05) is 33.8 Å². The normalized spacial score (nSPS) is 21.4. The Kier molecular flexibility index (Phi) is 6.41. The summed E-state index contributed by atoms with van der Waals surface area (Å²) >= 11 is 0. The van der Waals surface area contributed by atoms with E-state index in [1.54, 1.807) is 7.11 Å². The molecule has 4 rings (SSSR count). The van der Waals surface area contributed by atoms with Crippen molar-refractivity contribution in [3.05, 3.63) is 59.2 Å². The van der Waals surface area contributed by atoms with Crippen LogP contribution in [0.2, 0.25) is 0 Å². The molecule has 0 aromatic heterocycles. The molecule has 0 spiro atoms. The molecule has 0 aliphatic carbocycles. The fourth-order valence-electron chi connectivity index (χ4n) is 4.92. The van der Waals surface area contributed by atoms with E-state index >= 15 is 0 Å². The van der Waals surface area contributed by atoms with Crippen LogP contribution >= 0.6 is 0 Å². The summed E-state index contributed by atoms with van der Waals surface area (Å²) in [6.45, 7) is 6.49. The molecule has 4 heteroatoms. The highest BCUT2D eigenvalue weighted by Crippen LogP contribution is 2.36. The predicted molar refractivity (Wildman–Crippen MR) is 118 cm³/mol. The van der Waals surface area contributed by atoms with Crippen LogP contribution < -0.4 is 14.8 Å². The van der Waals surface area contributed by atoms with E-state index < -0.39 is 0 Å². The van der Waals surface area contributed by atoms with Gasteiger partial charge in [-0.1, -0.05) is 25.1 Å². The van der Waals surface area contributed by atoms with Crippen LogP contribution in [-0.2, 0) is 6.54 Å². The van der Waals surface area contributed by atoms with E-state index in [0.717, 1.165) is 44.1 Å². The topological polar surface area (TPSA) is 33.7 Å². The molecule has 0 amide bonds. The number of fused-ring (bicyclic) bond motifs is 1. The van der Waals surface area contributed by atoms with Gasteiger partial charge in [-0.05, 0) is 86.3 Å².